The van der Waals surface area contributed by atoms with Gasteiger partial charge in [0, 0.05) is 49.8 Å². The Morgan fingerprint density at radius 2 is 2.26 bits per heavy atom. The van der Waals surface area contributed by atoms with Crippen molar-refractivity contribution in [2.75, 3.05) is 26.3 Å². The molecule has 1 aliphatic heterocycles. The standard InChI is InChI=1S/C16H21N5O2/c1-12-7-14(19-11-18-12)8-13-9-21(5-6-23-10-13)16(22)15-17-3-4-20(15)2/h3-4,7,11,13H,5-6,8-10H2,1-2H3. The van der Waals surface area contributed by atoms with Crippen LogP contribution in [-0.2, 0) is 18.2 Å². The van der Waals surface area contributed by atoms with Gasteiger partial charge in [0.1, 0.15) is 6.33 Å². The van der Waals surface area contributed by atoms with E-state index in [4.69, 9.17) is 4.74 Å². The molecule has 0 spiro atoms. The summed E-state index contributed by atoms with van der Waals surface area (Å²) in [5.74, 6) is 0.631. The predicted molar refractivity (Wildman–Crippen MR) is 83.9 cm³/mol. The minimum Gasteiger partial charge on any atom is -0.379 e. The van der Waals surface area contributed by atoms with E-state index < -0.39 is 0 Å². The first-order valence-electron chi connectivity index (χ1n) is 7.75. The van der Waals surface area contributed by atoms with E-state index in [0.29, 0.717) is 32.1 Å². The van der Waals surface area contributed by atoms with Gasteiger partial charge in [-0.1, -0.05) is 0 Å². The Kier molecular flexibility index (Phi) is 4.66. The van der Waals surface area contributed by atoms with Crippen LogP contribution in [-0.4, -0.2) is 56.6 Å². The van der Waals surface area contributed by atoms with Crippen LogP contribution in [0.2, 0.25) is 0 Å². The van der Waals surface area contributed by atoms with Gasteiger partial charge in [0.2, 0.25) is 0 Å². The van der Waals surface area contributed by atoms with Crippen LogP contribution in [0.3, 0.4) is 0 Å². The first kappa shape index (κ1) is 15.6. The van der Waals surface area contributed by atoms with Crippen molar-refractivity contribution in [1.29, 1.82) is 0 Å². The molecule has 2 aromatic rings. The fourth-order valence-electron chi connectivity index (χ4n) is 2.82. The molecule has 0 aromatic carbocycles. The Bertz CT molecular complexity index is 685. The maximum atomic E-state index is 12.6. The zero-order chi connectivity index (χ0) is 16.2. The van der Waals surface area contributed by atoms with Crippen molar-refractivity contribution in [3.63, 3.8) is 0 Å². The van der Waals surface area contributed by atoms with Gasteiger partial charge in [-0.05, 0) is 19.4 Å². The van der Waals surface area contributed by atoms with Crippen LogP contribution >= 0.6 is 0 Å². The number of hydrogen-bond donors (Lipinski definition) is 0. The average molecular weight is 315 g/mol. The van der Waals surface area contributed by atoms with Gasteiger partial charge in [-0.3, -0.25) is 4.79 Å². The molecule has 23 heavy (non-hydrogen) atoms. The first-order valence-corrected chi connectivity index (χ1v) is 7.75. The molecular formula is C16H21N5O2. The van der Waals surface area contributed by atoms with Gasteiger partial charge in [0.05, 0.1) is 13.2 Å². The molecule has 2 aromatic heterocycles. The Labute approximate surface area is 135 Å². The van der Waals surface area contributed by atoms with Gasteiger partial charge in [-0.2, -0.15) is 0 Å². The monoisotopic (exact) mass is 315 g/mol. The summed E-state index contributed by atoms with van der Waals surface area (Å²) in [5, 5.41) is 0. The molecule has 3 heterocycles. The molecule has 7 nitrogen and oxygen atoms in total. The van der Waals surface area contributed by atoms with E-state index in [1.54, 1.807) is 23.3 Å². The molecule has 1 unspecified atom stereocenters. The summed E-state index contributed by atoms with van der Waals surface area (Å²) in [5.41, 5.74) is 1.93. The highest BCUT2D eigenvalue weighted by atomic mass is 16.5. The number of aryl methyl sites for hydroxylation is 2. The molecule has 3 rings (SSSR count). The van der Waals surface area contributed by atoms with Gasteiger partial charge in [-0.15, -0.1) is 0 Å². The molecule has 0 aliphatic carbocycles. The highest BCUT2D eigenvalue weighted by molar-refractivity contribution is 5.90. The van der Waals surface area contributed by atoms with E-state index >= 15 is 0 Å². The highest BCUT2D eigenvalue weighted by Crippen LogP contribution is 2.15. The second-order valence-electron chi connectivity index (χ2n) is 5.91. The van der Waals surface area contributed by atoms with Crippen LogP contribution < -0.4 is 0 Å². The molecule has 1 saturated heterocycles. The van der Waals surface area contributed by atoms with Crippen LogP contribution in [0.1, 0.15) is 22.0 Å². The SMILES string of the molecule is Cc1cc(CC2COCCN(C(=O)c3nccn3C)C2)ncn1. The lowest BCUT2D eigenvalue weighted by molar-refractivity contribution is 0.0721. The second kappa shape index (κ2) is 6.87. The Hall–Kier alpha value is -2.28. The van der Waals surface area contributed by atoms with Crippen molar-refractivity contribution in [3.8, 4) is 0 Å². The summed E-state index contributed by atoms with van der Waals surface area (Å²) >= 11 is 0. The van der Waals surface area contributed by atoms with Crippen molar-refractivity contribution in [3.05, 3.63) is 42.0 Å². The van der Waals surface area contributed by atoms with Gasteiger partial charge in [0.15, 0.2) is 5.82 Å². The molecular weight excluding hydrogens is 294 g/mol. The maximum absolute atomic E-state index is 12.6. The largest absolute Gasteiger partial charge is 0.379 e. The van der Waals surface area contributed by atoms with Crippen molar-refractivity contribution in [2.24, 2.45) is 13.0 Å². The quantitative estimate of drug-likeness (QED) is 0.839. The molecule has 0 saturated carbocycles. The molecule has 0 radical (unpaired) electrons. The minimum absolute atomic E-state index is 0.0492. The van der Waals surface area contributed by atoms with E-state index in [-0.39, 0.29) is 11.8 Å². The van der Waals surface area contributed by atoms with Crippen LogP contribution in [0.4, 0.5) is 0 Å². The summed E-state index contributed by atoms with van der Waals surface area (Å²) in [6.45, 7) is 4.37. The van der Waals surface area contributed by atoms with E-state index in [1.165, 1.54) is 0 Å². The molecule has 1 aliphatic rings. The molecule has 1 atom stereocenters. The first-order chi connectivity index (χ1) is 11.1. The van der Waals surface area contributed by atoms with E-state index in [0.717, 1.165) is 17.8 Å². The van der Waals surface area contributed by atoms with Crippen LogP contribution in [0.15, 0.2) is 24.8 Å². The number of hydrogen-bond acceptors (Lipinski definition) is 5. The van der Waals surface area contributed by atoms with Gasteiger partial charge >= 0.3 is 0 Å². The number of ether oxygens (including phenoxy) is 1. The topological polar surface area (TPSA) is 73.1 Å². The smallest absolute Gasteiger partial charge is 0.289 e. The average Bonchev–Trinajstić information content (AvgIpc) is 2.81. The van der Waals surface area contributed by atoms with Crippen molar-refractivity contribution >= 4 is 5.91 Å². The minimum atomic E-state index is -0.0492. The summed E-state index contributed by atoms with van der Waals surface area (Å²) in [7, 11) is 1.83. The lowest BCUT2D eigenvalue weighted by Crippen LogP contribution is -2.37. The fraction of sp³-hybridized carbons (Fsp3) is 0.500. The lowest BCUT2D eigenvalue weighted by atomic mass is 10.0. The molecule has 7 heteroatoms. The van der Waals surface area contributed by atoms with E-state index in [9.17, 15) is 4.79 Å². The van der Waals surface area contributed by atoms with Crippen molar-refractivity contribution < 1.29 is 9.53 Å². The number of carbonyl (C=O) groups is 1. The second-order valence-corrected chi connectivity index (χ2v) is 5.91. The Morgan fingerprint density at radius 3 is 3.00 bits per heavy atom. The third-order valence-electron chi connectivity index (χ3n) is 4.00. The van der Waals surface area contributed by atoms with Crippen LogP contribution in [0.5, 0.6) is 0 Å². The fourth-order valence-corrected chi connectivity index (χ4v) is 2.82. The molecule has 1 fully saturated rings. The predicted octanol–water partition coefficient (Wildman–Crippen LogP) is 0.850. The normalized spacial score (nSPS) is 18.7. The molecule has 1 amide bonds. The third-order valence-corrected chi connectivity index (χ3v) is 4.00. The maximum Gasteiger partial charge on any atom is 0.289 e. The number of rotatable bonds is 3. The van der Waals surface area contributed by atoms with Crippen molar-refractivity contribution in [1.82, 2.24) is 24.4 Å². The summed E-state index contributed by atoms with van der Waals surface area (Å²) < 4.78 is 7.42. The molecule has 0 bridgehead atoms. The number of imidazole rings is 1. The van der Waals surface area contributed by atoms with Crippen LogP contribution in [0, 0.1) is 12.8 Å². The van der Waals surface area contributed by atoms with E-state index in [1.807, 2.05) is 24.9 Å². The number of nitrogens with zero attached hydrogens (tertiary/aromatic N) is 5. The Morgan fingerprint density at radius 1 is 1.39 bits per heavy atom. The zero-order valence-corrected chi connectivity index (χ0v) is 13.5. The third kappa shape index (κ3) is 3.73. The summed E-state index contributed by atoms with van der Waals surface area (Å²) in [6, 6.07) is 1.98. The summed E-state index contributed by atoms with van der Waals surface area (Å²) in [4.78, 5) is 27.1. The summed E-state index contributed by atoms with van der Waals surface area (Å²) in [6.07, 6.45) is 5.78. The number of carbonyl (C=O) groups excluding carboxylic acids is 1. The number of aromatic nitrogens is 4. The van der Waals surface area contributed by atoms with Gasteiger partial charge < -0.3 is 14.2 Å². The van der Waals surface area contributed by atoms with Gasteiger partial charge in [-0.25, -0.2) is 15.0 Å². The highest BCUT2D eigenvalue weighted by Gasteiger charge is 2.25. The van der Waals surface area contributed by atoms with Gasteiger partial charge in [0.25, 0.3) is 5.91 Å². The zero-order valence-electron chi connectivity index (χ0n) is 13.5. The molecule has 0 N–H and O–H groups in total. The Balaban J connectivity index is 1.71. The molecule has 122 valence electrons. The van der Waals surface area contributed by atoms with Crippen LogP contribution in [0.25, 0.3) is 0 Å². The lowest BCUT2D eigenvalue weighted by Gasteiger charge is -2.23. The number of amides is 1. The van der Waals surface area contributed by atoms with E-state index in [2.05, 4.69) is 15.0 Å². The van der Waals surface area contributed by atoms with Crippen molar-refractivity contribution in [2.45, 2.75) is 13.3 Å².